The first-order chi connectivity index (χ1) is 14.9. The molecule has 0 unspecified atom stereocenters. The fourth-order valence-corrected chi connectivity index (χ4v) is 4.66. The van der Waals surface area contributed by atoms with E-state index in [0.29, 0.717) is 34.6 Å². The zero-order valence-corrected chi connectivity index (χ0v) is 18.6. The Kier molecular flexibility index (Phi) is 7.45. The van der Waals surface area contributed by atoms with E-state index in [2.05, 4.69) is 5.16 Å². The van der Waals surface area contributed by atoms with E-state index in [4.69, 9.17) is 14.0 Å². The van der Waals surface area contributed by atoms with Crippen LogP contribution in [0.25, 0.3) is 11.1 Å². The number of hydrogen-bond donors (Lipinski definition) is 1. The summed E-state index contributed by atoms with van der Waals surface area (Å²) in [7, 11) is -2.56. The molecule has 166 valence electrons. The number of ether oxygens (including phenoxy) is 2. The Labute approximate surface area is 182 Å². The van der Waals surface area contributed by atoms with E-state index in [1.807, 2.05) is 0 Å². The van der Waals surface area contributed by atoms with Gasteiger partial charge in [0.1, 0.15) is 6.73 Å². The Morgan fingerprint density at radius 2 is 1.71 bits per heavy atom. The fourth-order valence-electron chi connectivity index (χ4n) is 3.12. The van der Waals surface area contributed by atoms with E-state index >= 15 is 0 Å². The van der Waals surface area contributed by atoms with E-state index < -0.39 is 10.0 Å². The van der Waals surface area contributed by atoms with Crippen molar-refractivity contribution in [2.75, 3.05) is 31.4 Å². The second-order valence-electron chi connectivity index (χ2n) is 6.89. The maximum atomic E-state index is 13.8. The summed E-state index contributed by atoms with van der Waals surface area (Å²) in [5.41, 5.74) is 2.93. The Morgan fingerprint density at radius 3 is 2.35 bits per heavy atom. The maximum Gasteiger partial charge on any atom is 0.269 e. The van der Waals surface area contributed by atoms with Gasteiger partial charge in [0.05, 0.1) is 30.4 Å². The van der Waals surface area contributed by atoms with Gasteiger partial charge in [0.25, 0.3) is 10.0 Å². The third-order valence-electron chi connectivity index (χ3n) is 4.93. The molecule has 2 aromatic carbocycles. The van der Waals surface area contributed by atoms with E-state index in [1.165, 1.54) is 13.2 Å². The van der Waals surface area contributed by atoms with E-state index in [1.54, 1.807) is 56.3 Å². The van der Waals surface area contributed by atoms with Crippen LogP contribution in [0.3, 0.4) is 0 Å². The molecule has 0 aliphatic rings. The smallest absolute Gasteiger partial charge is 0.269 e. The fraction of sp³-hybridized carbons (Fsp3) is 0.318. The second-order valence-corrected chi connectivity index (χ2v) is 8.72. The minimum Gasteiger partial charge on any atom is -0.392 e. The summed E-state index contributed by atoms with van der Waals surface area (Å²) >= 11 is 0. The first-order valence-electron chi connectivity index (χ1n) is 9.72. The van der Waals surface area contributed by atoms with Gasteiger partial charge in [0.2, 0.25) is 5.88 Å². The molecule has 0 atom stereocenters. The molecule has 0 bridgehead atoms. The van der Waals surface area contributed by atoms with Crippen molar-refractivity contribution in [2.45, 2.75) is 25.3 Å². The lowest BCUT2D eigenvalue weighted by molar-refractivity contribution is 0.0744. The highest BCUT2D eigenvalue weighted by Gasteiger charge is 2.32. The third-order valence-corrected chi connectivity index (χ3v) is 6.70. The molecule has 1 heterocycles. The third kappa shape index (κ3) is 4.80. The van der Waals surface area contributed by atoms with Crippen molar-refractivity contribution in [1.29, 1.82) is 0 Å². The minimum absolute atomic E-state index is 0.0692. The zero-order valence-electron chi connectivity index (χ0n) is 17.7. The number of hydrogen-bond acceptors (Lipinski definition) is 7. The van der Waals surface area contributed by atoms with Gasteiger partial charge in [0.15, 0.2) is 0 Å². The number of nitrogens with zero attached hydrogens (tertiary/aromatic N) is 2. The van der Waals surface area contributed by atoms with Crippen molar-refractivity contribution < 1.29 is 27.5 Å². The van der Waals surface area contributed by atoms with Crippen LogP contribution in [0, 0.1) is 13.8 Å². The summed E-state index contributed by atoms with van der Waals surface area (Å²) in [6.07, 6.45) is 0. The van der Waals surface area contributed by atoms with E-state index in [0.717, 1.165) is 4.31 Å². The molecule has 0 saturated carbocycles. The lowest BCUT2D eigenvalue weighted by Crippen LogP contribution is -2.34. The Bertz CT molecular complexity index is 1130. The Hall–Kier alpha value is -2.72. The monoisotopic (exact) mass is 446 g/mol. The maximum absolute atomic E-state index is 13.8. The number of aryl methyl sites for hydroxylation is 1. The van der Waals surface area contributed by atoms with Gasteiger partial charge in [-0.25, -0.2) is 12.7 Å². The Morgan fingerprint density at radius 1 is 1.03 bits per heavy atom. The van der Waals surface area contributed by atoms with Crippen LogP contribution in [0.15, 0.2) is 57.9 Å². The van der Waals surface area contributed by atoms with Crippen LogP contribution >= 0.6 is 0 Å². The standard InChI is InChI=1S/C22H26N2O6S/c1-16-17(2)23-30-22(16)24(15-29-13-12-28-3)31(26,27)21-11-7-6-10-20(21)19-9-5-4-8-18(19)14-25/h4-11,25H,12-15H2,1-3H3. The van der Waals surface area contributed by atoms with E-state index in [9.17, 15) is 13.5 Å². The summed E-state index contributed by atoms with van der Waals surface area (Å²) in [6, 6.07) is 13.8. The van der Waals surface area contributed by atoms with Gasteiger partial charge in [0, 0.05) is 18.2 Å². The molecule has 0 aliphatic heterocycles. The average Bonchev–Trinajstić information content (AvgIpc) is 3.11. The average molecular weight is 447 g/mol. The van der Waals surface area contributed by atoms with Crippen LogP contribution in [0.2, 0.25) is 0 Å². The molecule has 0 aliphatic carbocycles. The van der Waals surface area contributed by atoms with Gasteiger partial charge < -0.3 is 19.1 Å². The molecule has 8 nitrogen and oxygen atoms in total. The second kappa shape index (κ2) is 10.1. The number of methoxy groups -OCH3 is 1. The Balaban J connectivity index is 2.11. The van der Waals surface area contributed by atoms with Crippen molar-refractivity contribution in [3.05, 3.63) is 65.4 Å². The number of aliphatic hydroxyl groups excluding tert-OH is 1. The van der Waals surface area contributed by atoms with Gasteiger partial charge in [-0.15, -0.1) is 0 Å². The first-order valence-corrected chi connectivity index (χ1v) is 11.2. The predicted octanol–water partition coefficient (Wildman–Crippen LogP) is 3.27. The van der Waals surface area contributed by atoms with Gasteiger partial charge in [-0.05, 0) is 31.0 Å². The summed E-state index contributed by atoms with van der Waals surface area (Å²) < 4.78 is 44.6. The predicted molar refractivity (Wildman–Crippen MR) is 116 cm³/mol. The number of rotatable bonds is 10. The number of anilines is 1. The molecule has 1 N–H and O–H groups in total. The van der Waals surface area contributed by atoms with Crippen LogP contribution in [0.1, 0.15) is 16.8 Å². The number of aromatic nitrogens is 1. The van der Waals surface area contributed by atoms with Crippen molar-refractivity contribution in [3.63, 3.8) is 0 Å². The van der Waals surface area contributed by atoms with Crippen LogP contribution in [-0.2, 0) is 26.1 Å². The SMILES string of the molecule is COCCOCN(c1onc(C)c1C)S(=O)(=O)c1ccccc1-c1ccccc1CO. The molecule has 0 radical (unpaired) electrons. The van der Waals surface area contributed by atoms with Gasteiger partial charge in [-0.1, -0.05) is 47.6 Å². The van der Waals surface area contributed by atoms with Crippen molar-refractivity contribution in [1.82, 2.24) is 5.16 Å². The van der Waals surface area contributed by atoms with Crippen molar-refractivity contribution in [3.8, 4) is 11.1 Å². The largest absolute Gasteiger partial charge is 0.392 e. The lowest BCUT2D eigenvalue weighted by atomic mass is 10.0. The summed E-state index contributed by atoms with van der Waals surface area (Å²) in [5, 5.41) is 13.7. The molecule has 0 fully saturated rings. The number of aliphatic hydroxyl groups is 1. The summed E-state index contributed by atoms with van der Waals surface area (Å²) in [4.78, 5) is 0.0692. The summed E-state index contributed by atoms with van der Waals surface area (Å²) in [5.74, 6) is 0.0974. The quantitative estimate of drug-likeness (QED) is 0.377. The zero-order chi connectivity index (χ0) is 22.4. The highest BCUT2D eigenvalue weighted by atomic mass is 32.2. The van der Waals surface area contributed by atoms with E-state index in [-0.39, 0.29) is 30.7 Å². The first kappa shape index (κ1) is 23.0. The molecule has 3 aromatic rings. The van der Waals surface area contributed by atoms with Crippen LogP contribution in [-0.4, -0.2) is 45.7 Å². The molecular formula is C22H26N2O6S. The van der Waals surface area contributed by atoms with Crippen molar-refractivity contribution in [2.24, 2.45) is 0 Å². The van der Waals surface area contributed by atoms with Crippen LogP contribution in [0.5, 0.6) is 0 Å². The number of benzene rings is 2. The molecule has 1 aromatic heterocycles. The molecule has 0 amide bonds. The molecule has 0 spiro atoms. The van der Waals surface area contributed by atoms with Gasteiger partial charge in [-0.2, -0.15) is 0 Å². The summed E-state index contributed by atoms with van der Waals surface area (Å²) in [6.45, 7) is 3.54. The van der Waals surface area contributed by atoms with Crippen LogP contribution < -0.4 is 4.31 Å². The normalized spacial score (nSPS) is 11.6. The van der Waals surface area contributed by atoms with Gasteiger partial charge in [-0.3, -0.25) is 0 Å². The van der Waals surface area contributed by atoms with Crippen LogP contribution in [0.4, 0.5) is 5.88 Å². The lowest BCUT2D eigenvalue weighted by Gasteiger charge is -2.23. The highest BCUT2D eigenvalue weighted by Crippen LogP contribution is 2.35. The molecule has 3 rings (SSSR count). The number of sulfonamides is 1. The highest BCUT2D eigenvalue weighted by molar-refractivity contribution is 7.93. The molecular weight excluding hydrogens is 420 g/mol. The minimum atomic E-state index is -4.10. The van der Waals surface area contributed by atoms with Crippen molar-refractivity contribution >= 4 is 15.9 Å². The topological polar surface area (TPSA) is 102 Å². The molecule has 31 heavy (non-hydrogen) atoms. The molecule has 0 saturated heterocycles. The van der Waals surface area contributed by atoms with Gasteiger partial charge >= 0.3 is 0 Å². The molecule has 9 heteroatoms.